The second kappa shape index (κ2) is 19.9. The number of para-hydroxylation sites is 1. The normalized spacial score (nSPS) is 15.1. The lowest BCUT2D eigenvalue weighted by molar-refractivity contribution is 0.653. The van der Waals surface area contributed by atoms with Crippen molar-refractivity contribution in [2.24, 2.45) is 0 Å². The molecule has 0 N–H and O–H groups in total. The van der Waals surface area contributed by atoms with Crippen LogP contribution in [0.1, 0.15) is 50.9 Å². The van der Waals surface area contributed by atoms with Gasteiger partial charge in [0.25, 0.3) is 0 Å². The predicted molar refractivity (Wildman–Crippen MR) is 359 cm³/mol. The molecule has 0 radical (unpaired) electrons. The lowest BCUT2D eigenvalue weighted by atomic mass is 9.65. The zero-order valence-electron chi connectivity index (χ0n) is 47.4. The van der Waals surface area contributed by atoms with Gasteiger partial charge in [0.2, 0.25) is 0 Å². The standard InChI is InChI=1S/C84H58N2/c1-5-28-60(29-6-1)83(61-30-7-2-8-31-61)77-44-21-18-41-71(77)75-55-65(49-52-78(75)83)86-81-45-22-19-42-73(81)74-50-47-59(54-82(74)86)68-38-16-15-37-67(68)58-27-23-36-64(53-58)85(80-46-24-26-57-25-13-14-39-69(57)80)66-48-51-72-70-40-17-20-43-76(70)84(79(72)56-66,62-32-9-3-10-33-62)63-34-11-4-12-35-63/h1-55,66H,56H2. The van der Waals surface area contributed by atoms with Gasteiger partial charge in [-0.3, -0.25) is 0 Å². The largest absolute Gasteiger partial charge is 0.334 e. The Hall–Kier alpha value is -10.8. The zero-order chi connectivity index (χ0) is 56.8. The van der Waals surface area contributed by atoms with E-state index in [4.69, 9.17) is 0 Å². The molecule has 14 aromatic rings. The summed E-state index contributed by atoms with van der Waals surface area (Å²) in [7, 11) is 0. The third-order valence-corrected chi connectivity index (χ3v) is 19.1. The number of nitrogens with zero attached hydrogens (tertiary/aromatic N) is 2. The fraction of sp³-hybridized carbons (Fsp3) is 0.0476. The number of aromatic nitrogens is 1. The minimum absolute atomic E-state index is 0.0173. The van der Waals surface area contributed by atoms with Crippen molar-refractivity contribution < 1.29 is 0 Å². The van der Waals surface area contributed by atoms with Crippen molar-refractivity contribution in [2.75, 3.05) is 4.90 Å². The topological polar surface area (TPSA) is 8.17 Å². The van der Waals surface area contributed by atoms with Crippen molar-refractivity contribution in [1.29, 1.82) is 0 Å². The van der Waals surface area contributed by atoms with E-state index >= 15 is 0 Å². The maximum Gasteiger partial charge on any atom is 0.0713 e. The van der Waals surface area contributed by atoms with Gasteiger partial charge in [-0.1, -0.05) is 291 Å². The van der Waals surface area contributed by atoms with Crippen LogP contribution >= 0.6 is 0 Å². The first-order valence-electron chi connectivity index (χ1n) is 30.2. The lowest BCUT2D eigenvalue weighted by Crippen LogP contribution is -2.36. The van der Waals surface area contributed by atoms with E-state index in [-0.39, 0.29) is 6.04 Å². The third kappa shape index (κ3) is 7.39. The van der Waals surface area contributed by atoms with E-state index in [1.54, 1.807) is 0 Å². The number of rotatable bonds is 10. The smallest absolute Gasteiger partial charge is 0.0713 e. The van der Waals surface area contributed by atoms with E-state index in [1.165, 1.54) is 122 Å². The molecule has 0 aliphatic heterocycles. The van der Waals surface area contributed by atoms with Crippen LogP contribution in [0.3, 0.4) is 0 Å². The summed E-state index contributed by atoms with van der Waals surface area (Å²) in [5.74, 6) is 0. The highest BCUT2D eigenvalue weighted by Crippen LogP contribution is 2.59. The number of allylic oxidation sites excluding steroid dienone is 2. The van der Waals surface area contributed by atoms with Crippen LogP contribution < -0.4 is 4.90 Å². The van der Waals surface area contributed by atoms with Crippen molar-refractivity contribution in [1.82, 2.24) is 4.57 Å². The number of hydrogen-bond donors (Lipinski definition) is 0. The molecule has 1 unspecified atom stereocenters. The molecule has 17 rings (SSSR count). The molecule has 0 fully saturated rings. The zero-order valence-corrected chi connectivity index (χ0v) is 47.4. The summed E-state index contributed by atoms with van der Waals surface area (Å²) in [5, 5.41) is 4.91. The fourth-order valence-corrected chi connectivity index (χ4v) is 15.6. The number of hydrogen-bond acceptors (Lipinski definition) is 1. The average Bonchev–Trinajstić information content (AvgIpc) is 1.58. The highest BCUT2D eigenvalue weighted by molar-refractivity contribution is 6.11. The minimum atomic E-state index is -0.474. The molecule has 0 spiro atoms. The summed E-state index contributed by atoms with van der Waals surface area (Å²) >= 11 is 0. The summed E-state index contributed by atoms with van der Waals surface area (Å²) in [6.07, 6.45) is 5.73. The van der Waals surface area contributed by atoms with Gasteiger partial charge in [-0.2, -0.15) is 0 Å². The van der Waals surface area contributed by atoms with E-state index < -0.39 is 10.8 Å². The molecule has 0 saturated heterocycles. The van der Waals surface area contributed by atoms with Crippen LogP contribution in [-0.2, 0) is 10.8 Å². The minimum Gasteiger partial charge on any atom is -0.334 e. The highest BCUT2D eigenvalue weighted by Gasteiger charge is 2.49. The van der Waals surface area contributed by atoms with Crippen molar-refractivity contribution in [3.05, 3.63) is 384 Å². The molecule has 0 amide bonds. The van der Waals surface area contributed by atoms with Crippen LogP contribution in [0.15, 0.2) is 339 Å². The fourth-order valence-electron chi connectivity index (χ4n) is 15.6. The van der Waals surface area contributed by atoms with Crippen molar-refractivity contribution in [3.8, 4) is 39.1 Å². The van der Waals surface area contributed by atoms with Gasteiger partial charge in [-0.05, 0) is 143 Å². The van der Waals surface area contributed by atoms with Crippen LogP contribution in [-0.4, -0.2) is 10.6 Å². The van der Waals surface area contributed by atoms with Crippen LogP contribution in [0, 0.1) is 0 Å². The first-order chi connectivity index (χ1) is 42.7. The molecule has 0 bridgehead atoms. The lowest BCUT2D eigenvalue weighted by Gasteiger charge is -2.41. The average molecular weight is 1100 g/mol. The quantitative estimate of drug-likeness (QED) is 0.132. The third-order valence-electron chi connectivity index (χ3n) is 19.1. The van der Waals surface area contributed by atoms with Crippen LogP contribution in [0.5, 0.6) is 0 Å². The van der Waals surface area contributed by atoms with Gasteiger partial charge in [0, 0.05) is 33.2 Å². The van der Waals surface area contributed by atoms with Gasteiger partial charge in [-0.25, -0.2) is 0 Å². The van der Waals surface area contributed by atoms with Crippen LogP contribution in [0.2, 0.25) is 0 Å². The molecule has 13 aromatic carbocycles. The number of benzene rings is 13. The predicted octanol–water partition coefficient (Wildman–Crippen LogP) is 20.9. The van der Waals surface area contributed by atoms with E-state index in [0.717, 1.165) is 23.4 Å². The van der Waals surface area contributed by atoms with Gasteiger partial charge < -0.3 is 9.47 Å². The Morgan fingerprint density at radius 1 is 0.337 bits per heavy atom. The molecule has 1 atom stereocenters. The Morgan fingerprint density at radius 2 is 0.849 bits per heavy atom. The van der Waals surface area contributed by atoms with Gasteiger partial charge in [0.15, 0.2) is 0 Å². The molecular formula is C84H58N2. The second-order valence-corrected chi connectivity index (χ2v) is 23.4. The van der Waals surface area contributed by atoms with Crippen LogP contribution in [0.25, 0.3) is 77.2 Å². The van der Waals surface area contributed by atoms with Crippen molar-refractivity contribution in [2.45, 2.75) is 23.3 Å². The van der Waals surface area contributed by atoms with Crippen molar-refractivity contribution in [3.63, 3.8) is 0 Å². The maximum atomic E-state index is 2.63. The molecule has 2 nitrogen and oxygen atoms in total. The Bertz CT molecular complexity index is 4940. The SMILES string of the molecule is C1=CC(N(c2cccc(-c3ccccc3-c3ccc4c5ccccc5n(-c5ccc6c(c5)-c5ccccc5C6(c5ccccc5)c5ccccc5)c4c3)c2)c2cccc3ccccc23)CC2=C1c1ccccc1C2(c1ccccc1)c1ccccc1. The molecule has 0 saturated carbocycles. The molecule has 1 aromatic heterocycles. The highest BCUT2D eigenvalue weighted by atomic mass is 15.2. The van der Waals surface area contributed by atoms with E-state index in [0.29, 0.717) is 0 Å². The molecular weight excluding hydrogens is 1040 g/mol. The Kier molecular flexibility index (Phi) is 11.5. The molecule has 86 heavy (non-hydrogen) atoms. The van der Waals surface area contributed by atoms with Gasteiger partial charge >= 0.3 is 0 Å². The Morgan fingerprint density at radius 3 is 1.53 bits per heavy atom. The Balaban J connectivity index is 0.805. The number of anilines is 2. The summed E-state index contributed by atoms with van der Waals surface area (Å²) in [4.78, 5) is 2.63. The molecule has 404 valence electrons. The van der Waals surface area contributed by atoms with Crippen LogP contribution in [0.4, 0.5) is 11.4 Å². The van der Waals surface area contributed by atoms with E-state index in [1.807, 2.05) is 0 Å². The molecule has 1 heterocycles. The van der Waals surface area contributed by atoms with Gasteiger partial charge in [0.1, 0.15) is 0 Å². The molecule has 2 heteroatoms. The van der Waals surface area contributed by atoms with Gasteiger partial charge in [-0.15, -0.1) is 0 Å². The monoisotopic (exact) mass is 1090 g/mol. The molecule has 3 aliphatic rings. The summed E-state index contributed by atoms with van der Waals surface area (Å²) in [6.45, 7) is 0. The molecule has 3 aliphatic carbocycles. The Labute approximate surface area is 502 Å². The summed E-state index contributed by atoms with van der Waals surface area (Å²) in [6, 6.07) is 120. The first-order valence-corrected chi connectivity index (χ1v) is 30.2. The van der Waals surface area contributed by atoms with E-state index in [2.05, 4.69) is 343 Å². The van der Waals surface area contributed by atoms with Crippen molar-refractivity contribution >= 4 is 49.5 Å². The maximum absolute atomic E-state index is 2.63. The summed E-state index contributed by atoms with van der Waals surface area (Å²) in [5.41, 5.74) is 25.2. The number of fused-ring (bicyclic) bond motifs is 9. The first kappa shape index (κ1) is 49.8. The van der Waals surface area contributed by atoms with Gasteiger partial charge in [0.05, 0.1) is 27.9 Å². The van der Waals surface area contributed by atoms with E-state index in [9.17, 15) is 0 Å². The second-order valence-electron chi connectivity index (χ2n) is 23.4. The summed E-state index contributed by atoms with van der Waals surface area (Å²) < 4.78 is 2.50.